The van der Waals surface area contributed by atoms with Gasteiger partial charge in [0.05, 0.1) is 30.9 Å². The van der Waals surface area contributed by atoms with Crippen molar-refractivity contribution in [2.75, 3.05) is 6.61 Å². The van der Waals surface area contributed by atoms with Gasteiger partial charge in [-0.15, -0.1) is 0 Å². The first-order chi connectivity index (χ1) is 12.5. The number of aryl methyl sites for hydroxylation is 1. The fourth-order valence-electron chi connectivity index (χ4n) is 3.57. The van der Waals surface area contributed by atoms with E-state index in [0.29, 0.717) is 19.7 Å². The Bertz CT molecular complexity index is 1030. The fraction of sp³-hybridized carbons (Fsp3) is 0.250. The molecule has 0 bridgehead atoms. The first kappa shape index (κ1) is 16.6. The summed E-state index contributed by atoms with van der Waals surface area (Å²) in [5, 5.41) is 0.968. The lowest BCUT2D eigenvalue weighted by Crippen LogP contribution is -2.26. The van der Waals surface area contributed by atoms with Crippen LogP contribution >= 0.6 is 0 Å². The van der Waals surface area contributed by atoms with Gasteiger partial charge in [-0.25, -0.2) is 13.6 Å². The summed E-state index contributed by atoms with van der Waals surface area (Å²) in [4.78, 5) is 13.7. The Hall–Kier alpha value is -2.89. The quantitative estimate of drug-likeness (QED) is 0.668. The lowest BCUT2D eigenvalue weighted by atomic mass is 10.1. The zero-order chi connectivity index (χ0) is 18.4. The van der Waals surface area contributed by atoms with E-state index in [2.05, 4.69) is 0 Å². The minimum Gasteiger partial charge on any atom is -0.450 e. The van der Waals surface area contributed by atoms with Crippen LogP contribution < -0.4 is 0 Å². The van der Waals surface area contributed by atoms with Gasteiger partial charge in [-0.05, 0) is 38.1 Å². The van der Waals surface area contributed by atoms with Crippen LogP contribution in [0.15, 0.2) is 36.4 Å². The van der Waals surface area contributed by atoms with Crippen molar-refractivity contribution in [3.63, 3.8) is 0 Å². The lowest BCUT2D eigenvalue weighted by molar-refractivity contribution is 0.106. The third kappa shape index (κ3) is 2.53. The zero-order valence-electron chi connectivity index (χ0n) is 14.6. The van der Waals surface area contributed by atoms with Crippen molar-refractivity contribution < 1.29 is 18.3 Å². The summed E-state index contributed by atoms with van der Waals surface area (Å²) in [5.41, 5.74) is 3.98. The van der Waals surface area contributed by atoms with E-state index in [1.165, 1.54) is 12.1 Å². The number of rotatable bonds is 2. The molecule has 1 aliphatic rings. The highest BCUT2D eigenvalue weighted by Gasteiger charge is 2.31. The number of fused-ring (bicyclic) bond motifs is 3. The summed E-state index contributed by atoms with van der Waals surface area (Å²) < 4.78 is 34.7. The van der Waals surface area contributed by atoms with Crippen molar-refractivity contribution in [2.45, 2.75) is 26.9 Å². The predicted octanol–water partition coefficient (Wildman–Crippen LogP) is 4.69. The number of amides is 1. The summed E-state index contributed by atoms with van der Waals surface area (Å²) in [6.45, 7) is 4.77. The Morgan fingerprint density at radius 1 is 1.15 bits per heavy atom. The Kier molecular flexibility index (Phi) is 3.90. The van der Waals surface area contributed by atoms with Gasteiger partial charge < -0.3 is 9.30 Å². The topological polar surface area (TPSA) is 34.5 Å². The third-order valence-electron chi connectivity index (χ3n) is 4.70. The molecular weight excluding hydrogens is 338 g/mol. The molecule has 2 aromatic carbocycles. The second-order valence-electron chi connectivity index (χ2n) is 6.43. The molecule has 0 unspecified atom stereocenters. The number of benzene rings is 2. The average Bonchev–Trinajstić information content (AvgIpc) is 3.13. The molecule has 0 saturated heterocycles. The summed E-state index contributed by atoms with van der Waals surface area (Å²) in [5.74, 6) is -1.26. The normalized spacial score (nSPS) is 13.3. The third-order valence-corrected chi connectivity index (χ3v) is 4.70. The maximum atomic E-state index is 14.5. The highest BCUT2D eigenvalue weighted by Crippen LogP contribution is 2.37. The van der Waals surface area contributed by atoms with Gasteiger partial charge in [-0.1, -0.05) is 11.6 Å². The minimum absolute atomic E-state index is 0.271. The van der Waals surface area contributed by atoms with Crippen molar-refractivity contribution in [2.24, 2.45) is 0 Å². The first-order valence-corrected chi connectivity index (χ1v) is 8.49. The van der Waals surface area contributed by atoms with E-state index < -0.39 is 17.7 Å². The fourth-order valence-corrected chi connectivity index (χ4v) is 3.57. The van der Waals surface area contributed by atoms with Crippen LogP contribution in [-0.4, -0.2) is 22.2 Å². The number of halogens is 2. The largest absolute Gasteiger partial charge is 0.450 e. The van der Waals surface area contributed by atoms with Gasteiger partial charge in [0.25, 0.3) is 0 Å². The standard InChI is InChI=1S/C20H18F2N2O2/c1-3-26-20(25)23-10-15-14-8-12(2)4-6-17(14)24(19(15)11-23)18-7-5-13(21)9-16(18)22/h4-9H,3,10-11H2,1-2H3. The molecule has 1 amide bonds. The van der Waals surface area contributed by atoms with Gasteiger partial charge in [0.1, 0.15) is 11.6 Å². The van der Waals surface area contributed by atoms with E-state index >= 15 is 0 Å². The van der Waals surface area contributed by atoms with E-state index in [1.807, 2.05) is 25.1 Å². The summed E-state index contributed by atoms with van der Waals surface area (Å²) in [6, 6.07) is 9.46. The number of aromatic nitrogens is 1. The number of hydrogen-bond donors (Lipinski definition) is 0. The molecule has 0 N–H and O–H groups in total. The Labute approximate surface area is 149 Å². The van der Waals surface area contributed by atoms with Crippen molar-refractivity contribution in [3.05, 3.63) is 64.9 Å². The molecule has 4 nitrogen and oxygen atoms in total. The first-order valence-electron chi connectivity index (χ1n) is 8.49. The van der Waals surface area contributed by atoms with E-state index in [9.17, 15) is 13.6 Å². The summed E-state index contributed by atoms with van der Waals surface area (Å²) in [7, 11) is 0. The van der Waals surface area contributed by atoms with Gasteiger partial charge >= 0.3 is 6.09 Å². The maximum absolute atomic E-state index is 14.5. The van der Waals surface area contributed by atoms with Crippen LogP contribution in [0.25, 0.3) is 16.6 Å². The molecule has 0 radical (unpaired) electrons. The van der Waals surface area contributed by atoms with E-state index in [1.54, 1.807) is 16.4 Å². The Balaban J connectivity index is 1.92. The van der Waals surface area contributed by atoms with Gasteiger partial charge in [0.15, 0.2) is 0 Å². The molecule has 2 heterocycles. The van der Waals surface area contributed by atoms with Crippen LogP contribution in [0.1, 0.15) is 23.7 Å². The maximum Gasteiger partial charge on any atom is 0.410 e. The van der Waals surface area contributed by atoms with Crippen LogP contribution in [0.5, 0.6) is 0 Å². The lowest BCUT2D eigenvalue weighted by Gasteiger charge is -2.17. The SMILES string of the molecule is CCOC(=O)N1Cc2c(n(-c3ccc(F)cc3F)c3ccc(C)cc23)C1. The highest BCUT2D eigenvalue weighted by molar-refractivity contribution is 5.89. The smallest absolute Gasteiger partial charge is 0.410 e. The van der Waals surface area contributed by atoms with Crippen LogP contribution in [0, 0.1) is 18.6 Å². The molecule has 3 aromatic rings. The molecule has 134 valence electrons. The second-order valence-corrected chi connectivity index (χ2v) is 6.43. The van der Waals surface area contributed by atoms with E-state index in [-0.39, 0.29) is 5.69 Å². The van der Waals surface area contributed by atoms with Crippen molar-refractivity contribution in [1.29, 1.82) is 0 Å². The molecule has 0 spiro atoms. The van der Waals surface area contributed by atoms with Crippen molar-refractivity contribution in [1.82, 2.24) is 9.47 Å². The number of carbonyl (C=O) groups is 1. The molecule has 1 aromatic heterocycles. The van der Waals surface area contributed by atoms with Gasteiger partial charge in [-0.3, -0.25) is 4.90 Å². The monoisotopic (exact) mass is 356 g/mol. The molecule has 4 rings (SSSR count). The van der Waals surface area contributed by atoms with Crippen LogP contribution in [0.2, 0.25) is 0 Å². The highest BCUT2D eigenvalue weighted by atomic mass is 19.1. The number of hydrogen-bond acceptors (Lipinski definition) is 2. The summed E-state index contributed by atoms with van der Waals surface area (Å²) >= 11 is 0. The average molecular weight is 356 g/mol. The molecule has 0 fully saturated rings. The van der Waals surface area contributed by atoms with Gasteiger partial charge in [0.2, 0.25) is 0 Å². The van der Waals surface area contributed by atoms with Gasteiger partial charge in [0, 0.05) is 22.7 Å². The van der Waals surface area contributed by atoms with Gasteiger partial charge in [-0.2, -0.15) is 0 Å². The molecule has 6 heteroatoms. The number of ether oxygens (including phenoxy) is 1. The predicted molar refractivity (Wildman–Crippen MR) is 94.2 cm³/mol. The Morgan fingerprint density at radius 3 is 2.69 bits per heavy atom. The molecular formula is C20H18F2N2O2. The number of carbonyl (C=O) groups excluding carboxylic acids is 1. The summed E-state index contributed by atoms with van der Waals surface area (Å²) in [6.07, 6.45) is -0.393. The van der Waals surface area contributed by atoms with E-state index in [0.717, 1.165) is 33.8 Å². The molecule has 0 atom stereocenters. The minimum atomic E-state index is -0.639. The zero-order valence-corrected chi connectivity index (χ0v) is 14.6. The van der Waals surface area contributed by atoms with E-state index in [4.69, 9.17) is 4.74 Å². The van der Waals surface area contributed by atoms with Crippen LogP contribution in [-0.2, 0) is 17.8 Å². The van der Waals surface area contributed by atoms with Crippen molar-refractivity contribution >= 4 is 17.0 Å². The number of nitrogens with zero attached hydrogens (tertiary/aromatic N) is 2. The van der Waals surface area contributed by atoms with Crippen LogP contribution in [0.4, 0.5) is 13.6 Å². The molecule has 26 heavy (non-hydrogen) atoms. The molecule has 0 aliphatic carbocycles. The molecule has 1 aliphatic heterocycles. The second kappa shape index (κ2) is 6.12. The Morgan fingerprint density at radius 2 is 1.96 bits per heavy atom. The van der Waals surface area contributed by atoms with Crippen molar-refractivity contribution in [3.8, 4) is 5.69 Å². The molecule has 0 saturated carbocycles. The van der Waals surface area contributed by atoms with Crippen LogP contribution in [0.3, 0.4) is 0 Å².